The summed E-state index contributed by atoms with van der Waals surface area (Å²) in [7, 11) is 0. The Morgan fingerprint density at radius 2 is 2.26 bits per heavy atom. The number of rotatable bonds is 1. The van der Waals surface area contributed by atoms with Gasteiger partial charge in [0.05, 0.1) is 29.2 Å². The molecule has 5 rings (SSSR count). The fraction of sp³-hybridized carbons (Fsp3) is 0.353. The zero-order valence-corrected chi connectivity index (χ0v) is 15.1. The zero-order valence-electron chi connectivity index (χ0n) is 14.3. The zero-order chi connectivity index (χ0) is 18.9. The van der Waals surface area contributed by atoms with E-state index in [2.05, 4.69) is 9.53 Å². The summed E-state index contributed by atoms with van der Waals surface area (Å²) in [6.45, 7) is 2.98. The highest BCUT2D eigenvalue weighted by molar-refractivity contribution is 7.12. The standard InChI is InChI=1S/C17H15FN4O4S/c1-7-6-26-15-12-9(14(23)11-16(24)20-27-17(11)22(7)12)4-10(18)13(15)21-3-2-8(5-21)19-25/h4,7,25H,2-3,5-6H2,1H3,(H,20,24)/t7-/m0/s1. The number of nitrogens with one attached hydrogen (secondary N) is 1. The normalized spacial score (nSPS) is 20.7. The maximum Gasteiger partial charge on any atom is 0.271 e. The molecule has 3 aromatic rings. The van der Waals surface area contributed by atoms with Crippen LogP contribution in [0.4, 0.5) is 10.1 Å². The molecule has 4 heterocycles. The van der Waals surface area contributed by atoms with Crippen LogP contribution in [0.2, 0.25) is 0 Å². The second kappa shape index (κ2) is 5.56. The smallest absolute Gasteiger partial charge is 0.271 e. The molecule has 1 atom stereocenters. The van der Waals surface area contributed by atoms with Gasteiger partial charge in [-0.2, -0.15) is 0 Å². The number of halogens is 1. The monoisotopic (exact) mass is 390 g/mol. The number of H-pyrrole nitrogens is 1. The van der Waals surface area contributed by atoms with Crippen molar-refractivity contribution in [2.45, 2.75) is 19.4 Å². The van der Waals surface area contributed by atoms with Crippen molar-refractivity contribution in [1.82, 2.24) is 8.94 Å². The number of fused-ring (bicyclic) bond motifs is 2. The molecule has 1 aromatic carbocycles. The van der Waals surface area contributed by atoms with E-state index >= 15 is 4.39 Å². The average molecular weight is 390 g/mol. The Hall–Kier alpha value is -2.88. The van der Waals surface area contributed by atoms with Gasteiger partial charge in [0.15, 0.2) is 11.6 Å². The van der Waals surface area contributed by atoms with Crippen molar-refractivity contribution in [2.24, 2.45) is 5.16 Å². The lowest BCUT2D eigenvalue weighted by Crippen LogP contribution is -2.28. The minimum Gasteiger partial charge on any atom is -0.487 e. The molecule has 2 aliphatic rings. The summed E-state index contributed by atoms with van der Waals surface area (Å²) in [5.74, 6) is -0.303. The molecule has 0 radical (unpaired) electrons. The van der Waals surface area contributed by atoms with Gasteiger partial charge in [0.2, 0.25) is 5.43 Å². The summed E-state index contributed by atoms with van der Waals surface area (Å²) in [6.07, 6.45) is 0.523. The molecule has 1 fully saturated rings. The second-order valence-electron chi connectivity index (χ2n) is 6.84. The van der Waals surface area contributed by atoms with Gasteiger partial charge in [0.1, 0.15) is 22.5 Å². The minimum absolute atomic E-state index is 0.0511. The van der Waals surface area contributed by atoms with E-state index < -0.39 is 16.8 Å². The molecule has 27 heavy (non-hydrogen) atoms. The summed E-state index contributed by atoms with van der Waals surface area (Å²) < 4.78 is 25.4. The summed E-state index contributed by atoms with van der Waals surface area (Å²) in [5, 5.41) is 12.4. The first-order valence-corrected chi connectivity index (χ1v) is 9.32. The first-order chi connectivity index (χ1) is 13.0. The molecule has 0 saturated carbocycles. The number of hydrogen-bond acceptors (Lipinski definition) is 7. The Kier molecular flexibility index (Phi) is 3.36. The van der Waals surface area contributed by atoms with Crippen LogP contribution in [0.15, 0.2) is 20.8 Å². The van der Waals surface area contributed by atoms with Gasteiger partial charge in [0.25, 0.3) is 5.56 Å². The first-order valence-electron chi connectivity index (χ1n) is 8.50. The van der Waals surface area contributed by atoms with Gasteiger partial charge in [-0.1, -0.05) is 5.16 Å². The number of aromatic amines is 1. The lowest BCUT2D eigenvalue weighted by Gasteiger charge is -2.31. The fourth-order valence-corrected chi connectivity index (χ4v) is 4.91. The molecule has 0 aliphatic carbocycles. The Balaban J connectivity index is 1.92. The molecule has 2 aliphatic heterocycles. The van der Waals surface area contributed by atoms with Gasteiger partial charge >= 0.3 is 0 Å². The van der Waals surface area contributed by atoms with E-state index in [4.69, 9.17) is 9.94 Å². The van der Waals surface area contributed by atoms with E-state index in [0.717, 1.165) is 11.5 Å². The number of hydrogen-bond donors (Lipinski definition) is 2. The average Bonchev–Trinajstić information content (AvgIpc) is 3.27. The van der Waals surface area contributed by atoms with Gasteiger partial charge in [-0.05, 0) is 24.5 Å². The van der Waals surface area contributed by atoms with Crippen LogP contribution in [-0.4, -0.2) is 39.6 Å². The van der Waals surface area contributed by atoms with Gasteiger partial charge in [-0.3, -0.25) is 14.0 Å². The van der Waals surface area contributed by atoms with E-state index in [9.17, 15) is 9.59 Å². The van der Waals surface area contributed by atoms with Crippen LogP contribution < -0.4 is 20.6 Å². The van der Waals surface area contributed by atoms with Crippen LogP contribution in [0.1, 0.15) is 19.4 Å². The Labute approximate surface area is 155 Å². The highest BCUT2D eigenvalue weighted by atomic mass is 32.1. The Bertz CT molecular complexity index is 1260. The molecule has 2 aromatic heterocycles. The van der Waals surface area contributed by atoms with Crippen LogP contribution >= 0.6 is 11.5 Å². The van der Waals surface area contributed by atoms with Crippen LogP contribution in [0.25, 0.3) is 21.1 Å². The van der Waals surface area contributed by atoms with E-state index in [1.807, 2.05) is 11.5 Å². The van der Waals surface area contributed by atoms with Crippen LogP contribution in [0, 0.1) is 5.82 Å². The highest BCUT2D eigenvalue weighted by Gasteiger charge is 2.32. The molecule has 140 valence electrons. The van der Waals surface area contributed by atoms with Gasteiger partial charge in [0, 0.05) is 13.0 Å². The quantitative estimate of drug-likeness (QED) is 0.489. The number of oxime groups is 1. The maximum absolute atomic E-state index is 15.1. The number of aromatic nitrogens is 2. The molecule has 0 unspecified atom stereocenters. The summed E-state index contributed by atoms with van der Waals surface area (Å²) in [4.78, 5) is 27.3. The van der Waals surface area contributed by atoms with Crippen LogP contribution in [-0.2, 0) is 0 Å². The van der Waals surface area contributed by atoms with E-state index in [1.165, 1.54) is 6.07 Å². The molecular formula is C17H15FN4O4S. The lowest BCUT2D eigenvalue weighted by molar-refractivity contribution is 0.250. The summed E-state index contributed by atoms with van der Waals surface area (Å²) >= 11 is 1.10. The van der Waals surface area contributed by atoms with Crippen molar-refractivity contribution in [2.75, 3.05) is 24.6 Å². The topological polar surface area (TPSA) is 99.9 Å². The van der Waals surface area contributed by atoms with E-state index in [1.54, 1.807) is 4.90 Å². The highest BCUT2D eigenvalue weighted by Crippen LogP contribution is 2.43. The van der Waals surface area contributed by atoms with Crippen LogP contribution in [0.5, 0.6) is 5.75 Å². The third kappa shape index (κ3) is 2.10. The third-order valence-corrected chi connectivity index (χ3v) is 6.09. The van der Waals surface area contributed by atoms with Crippen molar-refractivity contribution >= 4 is 44.1 Å². The number of nitrogens with zero attached hydrogens (tertiary/aromatic N) is 3. The predicted molar refractivity (Wildman–Crippen MR) is 100 cm³/mol. The van der Waals surface area contributed by atoms with Crippen LogP contribution in [0.3, 0.4) is 0 Å². The molecule has 0 spiro atoms. The van der Waals surface area contributed by atoms with Gasteiger partial charge in [-0.25, -0.2) is 4.39 Å². The minimum atomic E-state index is -0.596. The fourth-order valence-electron chi connectivity index (χ4n) is 3.96. The van der Waals surface area contributed by atoms with Gasteiger partial charge in [-0.15, -0.1) is 0 Å². The van der Waals surface area contributed by atoms with E-state index in [0.29, 0.717) is 34.8 Å². The summed E-state index contributed by atoms with van der Waals surface area (Å²) in [6, 6.07) is 1.06. The number of anilines is 1. The number of pyridine rings is 1. The number of ether oxygens (including phenoxy) is 1. The van der Waals surface area contributed by atoms with Crippen molar-refractivity contribution in [1.29, 1.82) is 0 Å². The largest absolute Gasteiger partial charge is 0.487 e. The molecule has 0 amide bonds. The lowest BCUT2D eigenvalue weighted by atomic mass is 10.1. The van der Waals surface area contributed by atoms with E-state index in [-0.39, 0.29) is 35.7 Å². The second-order valence-corrected chi connectivity index (χ2v) is 7.64. The third-order valence-electron chi connectivity index (χ3n) is 5.21. The molecule has 0 bridgehead atoms. The van der Waals surface area contributed by atoms with Crippen molar-refractivity contribution in [3.05, 3.63) is 32.5 Å². The number of benzene rings is 1. The molecule has 8 nitrogen and oxygen atoms in total. The molecule has 2 N–H and O–H groups in total. The maximum atomic E-state index is 15.1. The van der Waals surface area contributed by atoms with Gasteiger partial charge < -0.3 is 19.4 Å². The van der Waals surface area contributed by atoms with Crippen molar-refractivity contribution in [3.63, 3.8) is 0 Å². The Morgan fingerprint density at radius 1 is 1.44 bits per heavy atom. The molecule has 10 heteroatoms. The van der Waals surface area contributed by atoms with Crippen molar-refractivity contribution < 1.29 is 14.3 Å². The molecular weight excluding hydrogens is 375 g/mol. The SMILES string of the molecule is C[C@H]1COc2c(N3CCC(=NO)C3)c(F)cc3c(=O)c4c(=O)[nH]sc4n1c23. The first kappa shape index (κ1) is 16.3. The Morgan fingerprint density at radius 3 is 3.00 bits per heavy atom. The predicted octanol–water partition coefficient (Wildman–Crippen LogP) is 2.04. The summed E-state index contributed by atoms with van der Waals surface area (Å²) in [5.41, 5.74) is 0.346. The molecule has 1 saturated heterocycles. The van der Waals surface area contributed by atoms with Crippen molar-refractivity contribution in [3.8, 4) is 5.75 Å².